The van der Waals surface area contributed by atoms with Gasteiger partial charge in [-0.05, 0) is 85.5 Å². The number of carbonyl (C=O) groups excluding carboxylic acids is 3. The zero-order valence-corrected chi connectivity index (χ0v) is 25.4. The number of hydrogen-bond acceptors (Lipinski definition) is 8. The minimum atomic E-state index is -1.05. The minimum Gasteiger partial charge on any atom is -0.355 e. The van der Waals surface area contributed by atoms with Gasteiger partial charge in [0.15, 0.2) is 5.82 Å². The van der Waals surface area contributed by atoms with E-state index >= 15 is 0 Å². The number of hydrogen-bond donors (Lipinski definition) is 3. The Balaban J connectivity index is 1.65. The summed E-state index contributed by atoms with van der Waals surface area (Å²) >= 11 is 0. The minimum absolute atomic E-state index is 0.0398. The van der Waals surface area contributed by atoms with Crippen LogP contribution in [-0.2, 0) is 30.1 Å². The van der Waals surface area contributed by atoms with Gasteiger partial charge in [-0.25, -0.2) is 4.79 Å². The third-order valence-corrected chi connectivity index (χ3v) is 8.80. The second kappa shape index (κ2) is 12.5. The summed E-state index contributed by atoms with van der Waals surface area (Å²) in [6, 6.07) is 12.6. The molecule has 1 aliphatic heterocycles. The lowest BCUT2D eigenvalue weighted by Crippen LogP contribution is -2.46. The molecule has 12 nitrogen and oxygen atoms in total. The number of likely N-dealkylation sites (tertiary alicyclic amines) is 1. The highest BCUT2D eigenvalue weighted by Gasteiger charge is 2.46. The van der Waals surface area contributed by atoms with Crippen LogP contribution in [-0.4, -0.2) is 71.6 Å². The van der Waals surface area contributed by atoms with Gasteiger partial charge in [-0.15, -0.1) is 0 Å². The van der Waals surface area contributed by atoms with Crippen LogP contribution in [0.25, 0.3) is 0 Å². The van der Waals surface area contributed by atoms with Crippen molar-refractivity contribution in [2.24, 2.45) is 7.05 Å². The van der Waals surface area contributed by atoms with Gasteiger partial charge < -0.3 is 25.4 Å². The van der Waals surface area contributed by atoms with Crippen LogP contribution in [0.1, 0.15) is 75.0 Å². The summed E-state index contributed by atoms with van der Waals surface area (Å²) in [7, 11) is 4.79. The van der Waals surface area contributed by atoms with Crippen molar-refractivity contribution >= 4 is 17.7 Å². The lowest BCUT2D eigenvalue weighted by molar-refractivity contribution is -0.130. The molecule has 0 spiro atoms. The van der Waals surface area contributed by atoms with E-state index in [4.69, 9.17) is 4.52 Å². The largest absolute Gasteiger partial charge is 0.459 e. The number of carbonyl (C=O) groups is 3. The van der Waals surface area contributed by atoms with E-state index in [-0.39, 0.29) is 30.3 Å². The van der Waals surface area contributed by atoms with Gasteiger partial charge in [0.25, 0.3) is 11.8 Å². The van der Waals surface area contributed by atoms with Crippen LogP contribution in [0.2, 0.25) is 0 Å². The molecule has 3 aromatic rings. The van der Waals surface area contributed by atoms with E-state index in [2.05, 4.69) is 27.0 Å². The number of aromatic nitrogens is 2. The van der Waals surface area contributed by atoms with E-state index in [1.807, 2.05) is 31.2 Å². The molecule has 1 unspecified atom stereocenters. The zero-order valence-electron chi connectivity index (χ0n) is 25.4. The molecular weight excluding hydrogens is 562 g/mol. The number of benzene rings is 2. The maximum atomic E-state index is 13.1. The summed E-state index contributed by atoms with van der Waals surface area (Å²) in [5, 5.41) is 18.2. The average molecular weight is 600 g/mol. The van der Waals surface area contributed by atoms with Crippen molar-refractivity contribution in [2.45, 2.75) is 56.5 Å². The van der Waals surface area contributed by atoms with E-state index in [1.165, 1.54) is 4.74 Å². The molecule has 12 heteroatoms. The Morgan fingerprint density at radius 1 is 1.07 bits per heavy atom. The number of amides is 3. The smallest absolute Gasteiger partial charge is 0.355 e. The van der Waals surface area contributed by atoms with Crippen LogP contribution in [0.3, 0.4) is 0 Å². The first-order valence-corrected chi connectivity index (χ1v) is 14.8. The SMILES string of the molecule is CNC(=O)c1ccc2c(c1)CCc1cc(C(=O)NC)ccc1C2(C[C@H](C)NCC(=O)N1CCCC1C#N)c1nc(=O)on1C. The van der Waals surface area contributed by atoms with E-state index in [0.29, 0.717) is 49.2 Å². The van der Waals surface area contributed by atoms with Crippen molar-refractivity contribution in [1.29, 1.82) is 5.26 Å². The molecule has 1 aliphatic carbocycles. The van der Waals surface area contributed by atoms with Gasteiger partial charge >= 0.3 is 5.76 Å². The molecule has 0 radical (unpaired) electrons. The molecule has 1 saturated heterocycles. The number of fused-ring (bicyclic) bond motifs is 2. The molecule has 3 N–H and O–H groups in total. The maximum absolute atomic E-state index is 13.1. The molecule has 2 heterocycles. The van der Waals surface area contributed by atoms with E-state index in [0.717, 1.165) is 28.7 Å². The Bertz CT molecular complexity index is 1630. The zero-order chi connectivity index (χ0) is 31.6. The van der Waals surface area contributed by atoms with Crippen molar-refractivity contribution < 1.29 is 18.9 Å². The Hall–Kier alpha value is -4.76. The Labute approximate surface area is 255 Å². The third kappa shape index (κ3) is 5.51. The number of nitrogens with one attached hydrogen (secondary N) is 3. The van der Waals surface area contributed by atoms with Crippen molar-refractivity contribution in [1.82, 2.24) is 30.6 Å². The van der Waals surface area contributed by atoms with Crippen LogP contribution in [0.5, 0.6) is 0 Å². The second-order valence-electron chi connectivity index (χ2n) is 11.5. The fourth-order valence-corrected chi connectivity index (χ4v) is 6.77. The van der Waals surface area contributed by atoms with Crippen LogP contribution >= 0.6 is 0 Å². The average Bonchev–Trinajstić information content (AvgIpc) is 3.62. The molecule has 230 valence electrons. The first kappa shape index (κ1) is 30.7. The van der Waals surface area contributed by atoms with Crippen molar-refractivity contribution in [2.75, 3.05) is 27.2 Å². The second-order valence-corrected chi connectivity index (χ2v) is 11.5. The number of nitrogens with zero attached hydrogens (tertiary/aromatic N) is 4. The Morgan fingerprint density at radius 2 is 1.66 bits per heavy atom. The monoisotopic (exact) mass is 599 g/mol. The van der Waals surface area contributed by atoms with Gasteiger partial charge in [-0.1, -0.05) is 12.1 Å². The summed E-state index contributed by atoms with van der Waals surface area (Å²) in [5.74, 6) is -0.957. The Morgan fingerprint density at radius 3 is 2.16 bits per heavy atom. The van der Waals surface area contributed by atoms with Crippen LogP contribution < -0.4 is 21.7 Å². The van der Waals surface area contributed by atoms with Crippen LogP contribution in [0.15, 0.2) is 45.7 Å². The van der Waals surface area contributed by atoms with Gasteiger partial charge in [0.2, 0.25) is 5.91 Å². The van der Waals surface area contributed by atoms with E-state index in [1.54, 1.807) is 38.2 Å². The molecule has 2 aromatic carbocycles. The molecule has 2 atom stereocenters. The van der Waals surface area contributed by atoms with Crippen molar-refractivity contribution in [3.63, 3.8) is 0 Å². The molecule has 1 fully saturated rings. The predicted octanol–water partition coefficient (Wildman–Crippen LogP) is 1.41. The van der Waals surface area contributed by atoms with Gasteiger partial charge in [0.05, 0.1) is 18.0 Å². The van der Waals surface area contributed by atoms with Gasteiger partial charge in [0.1, 0.15) is 6.04 Å². The maximum Gasteiger partial charge on any atom is 0.459 e. The van der Waals surface area contributed by atoms with Gasteiger partial charge in [-0.3, -0.25) is 14.4 Å². The molecule has 2 aliphatic rings. The number of nitriles is 1. The number of aryl methyl sites for hydroxylation is 3. The quantitative estimate of drug-likeness (QED) is 0.350. The third-order valence-electron chi connectivity index (χ3n) is 8.80. The van der Waals surface area contributed by atoms with E-state index in [9.17, 15) is 24.4 Å². The van der Waals surface area contributed by atoms with Crippen LogP contribution in [0, 0.1) is 11.3 Å². The summed E-state index contributed by atoms with van der Waals surface area (Å²) in [6.07, 6.45) is 2.98. The van der Waals surface area contributed by atoms with Gasteiger partial charge in [0, 0.05) is 44.9 Å². The summed E-state index contributed by atoms with van der Waals surface area (Å²) in [6.45, 7) is 2.55. The predicted molar refractivity (Wildman–Crippen MR) is 161 cm³/mol. The lowest BCUT2D eigenvalue weighted by atomic mass is 9.67. The lowest BCUT2D eigenvalue weighted by Gasteiger charge is -2.37. The standard InChI is InChI=1S/C32H37N7O5/c1-19(36-18-27(40)39-13-5-6-24(39)17-33)16-32(30-37-31(43)44-38(30)4)25-11-9-22(28(41)34-2)14-20(25)7-8-21-15-23(29(42)35-3)10-12-26(21)32/h9-12,14-15,19,24,36H,5-8,13,16,18H2,1-4H3,(H,34,41)(H,35,42)/t19-,24?/m0/s1. The summed E-state index contributed by atoms with van der Waals surface area (Å²) in [4.78, 5) is 56.9. The number of rotatable bonds is 8. The van der Waals surface area contributed by atoms with E-state index < -0.39 is 17.2 Å². The van der Waals surface area contributed by atoms with Crippen LogP contribution in [0.4, 0.5) is 0 Å². The molecule has 0 saturated carbocycles. The highest BCUT2D eigenvalue weighted by molar-refractivity contribution is 5.95. The molecular formula is C32H37N7O5. The van der Waals surface area contributed by atoms with Gasteiger partial charge in [-0.2, -0.15) is 15.0 Å². The molecule has 3 amide bonds. The topological polar surface area (TPSA) is 162 Å². The fourth-order valence-electron chi connectivity index (χ4n) is 6.77. The Kier molecular flexibility index (Phi) is 8.69. The normalized spacial score (nSPS) is 17.5. The molecule has 44 heavy (non-hydrogen) atoms. The first-order valence-electron chi connectivity index (χ1n) is 14.8. The van der Waals surface area contributed by atoms with Crippen molar-refractivity contribution in [3.8, 4) is 6.07 Å². The molecule has 0 bridgehead atoms. The molecule has 5 rings (SSSR count). The summed E-state index contributed by atoms with van der Waals surface area (Å²) in [5.41, 5.74) is 3.45. The molecule has 1 aromatic heterocycles. The highest BCUT2D eigenvalue weighted by atomic mass is 16.5. The fraction of sp³-hybridized carbons (Fsp3) is 0.438. The highest BCUT2D eigenvalue weighted by Crippen LogP contribution is 2.47. The first-order chi connectivity index (χ1) is 21.1. The summed E-state index contributed by atoms with van der Waals surface area (Å²) < 4.78 is 6.78. The van der Waals surface area contributed by atoms with Crippen molar-refractivity contribution in [3.05, 3.63) is 86.2 Å².